The molecule has 1 aromatic rings. The van der Waals surface area contributed by atoms with Crippen molar-refractivity contribution in [2.75, 3.05) is 25.0 Å². The molecule has 28 heavy (non-hydrogen) atoms. The number of anilines is 1. The quantitative estimate of drug-likeness (QED) is 0.146. The minimum absolute atomic E-state index is 0. The Balaban J connectivity index is 0.00000392. The number of ether oxygens (including phenoxy) is 1. The van der Waals surface area contributed by atoms with Crippen LogP contribution in [0.15, 0.2) is 23.3 Å². The van der Waals surface area contributed by atoms with Crippen LogP contribution in [0.4, 0.5) is 11.6 Å². The molecule has 1 saturated carbocycles. The van der Waals surface area contributed by atoms with Crippen LogP contribution in [0.1, 0.15) is 43.2 Å². The number of hydrogen-bond acceptors (Lipinski definition) is 7. The molecule has 1 aliphatic carbocycles. The van der Waals surface area contributed by atoms with E-state index in [4.69, 9.17) is 27.3 Å². The molecule has 9 heteroatoms. The fraction of sp³-hybridized carbons (Fsp3) is 0.474. The Bertz CT molecular complexity index is 700. The molecule has 0 unspecified atom stereocenters. The van der Waals surface area contributed by atoms with E-state index in [1.807, 2.05) is 6.07 Å². The third-order valence-corrected chi connectivity index (χ3v) is 5.01. The number of nitrogens with zero attached hydrogens (tertiary/aromatic N) is 2. The van der Waals surface area contributed by atoms with Gasteiger partial charge in [-0.2, -0.15) is 0 Å². The van der Waals surface area contributed by atoms with Gasteiger partial charge in [0.15, 0.2) is 5.82 Å². The molecule has 0 bridgehead atoms. The molecular formula is C19H30N7OPm-. The van der Waals surface area contributed by atoms with Crippen molar-refractivity contribution >= 4 is 23.7 Å². The maximum atomic E-state index is 7.98. The Hall–Kier alpha value is -1.11. The van der Waals surface area contributed by atoms with Crippen LogP contribution >= 0.6 is 0 Å². The number of pyridine rings is 1. The first-order chi connectivity index (χ1) is 13.1. The van der Waals surface area contributed by atoms with Crippen molar-refractivity contribution in [3.63, 3.8) is 0 Å². The van der Waals surface area contributed by atoms with E-state index < -0.39 is 0 Å². The van der Waals surface area contributed by atoms with Gasteiger partial charge in [0.2, 0.25) is 0 Å². The Morgan fingerprint density at radius 2 is 2.11 bits per heavy atom. The van der Waals surface area contributed by atoms with E-state index in [0.29, 0.717) is 36.9 Å². The maximum absolute atomic E-state index is 7.98. The number of nitrogens with two attached hydrogens (primary N) is 3. The fourth-order valence-corrected chi connectivity index (χ4v) is 3.62. The van der Waals surface area contributed by atoms with Gasteiger partial charge >= 0.3 is 0 Å². The van der Waals surface area contributed by atoms with Gasteiger partial charge in [-0.1, -0.05) is 19.3 Å². The summed E-state index contributed by atoms with van der Waals surface area (Å²) in [7, 11) is 3.37. The van der Waals surface area contributed by atoms with Crippen LogP contribution in [0, 0.1) is 52.9 Å². The minimum Gasteiger partial charge on any atom is -0.554 e. The van der Waals surface area contributed by atoms with Gasteiger partial charge in [-0.05, 0) is 36.7 Å². The van der Waals surface area contributed by atoms with Crippen LogP contribution in [0.5, 0.6) is 0 Å². The smallest absolute Gasteiger partial charge is 0.165 e. The van der Waals surface area contributed by atoms with Crippen LogP contribution < -0.4 is 22.5 Å². The van der Waals surface area contributed by atoms with Gasteiger partial charge < -0.3 is 32.7 Å². The zero-order valence-corrected chi connectivity index (χ0v) is 19.0. The van der Waals surface area contributed by atoms with E-state index in [0.717, 1.165) is 31.2 Å². The molecule has 2 rings (SSSR count). The SMILES string of the molecule is [CH2-]OCCNc1cc(C2(CN)CCCCC2)c(C=N)c(/N=C(N)\C=C/N)n1.[Pm]. The Labute approximate surface area is 199 Å². The summed E-state index contributed by atoms with van der Waals surface area (Å²) in [6.45, 7) is 1.51. The summed E-state index contributed by atoms with van der Waals surface area (Å²) in [5.41, 5.74) is 19.0. The van der Waals surface area contributed by atoms with E-state index >= 15 is 0 Å². The first-order valence-electron chi connectivity index (χ1n) is 9.19. The first kappa shape index (κ1) is 24.9. The summed E-state index contributed by atoms with van der Waals surface area (Å²) >= 11 is 0. The number of aromatic nitrogens is 1. The second-order valence-corrected chi connectivity index (χ2v) is 6.71. The molecule has 0 aliphatic heterocycles. The number of amidine groups is 1. The molecule has 0 aromatic carbocycles. The zero-order chi connectivity index (χ0) is 19.7. The van der Waals surface area contributed by atoms with Crippen molar-refractivity contribution in [2.24, 2.45) is 22.2 Å². The van der Waals surface area contributed by atoms with E-state index in [1.165, 1.54) is 24.9 Å². The third kappa shape index (κ3) is 6.19. The van der Waals surface area contributed by atoms with Crippen molar-refractivity contribution in [3.8, 4) is 0 Å². The molecule has 0 saturated heterocycles. The molecule has 8 nitrogen and oxygen atoms in total. The average Bonchev–Trinajstić information content (AvgIpc) is 2.68. The normalized spacial score (nSPS) is 16.6. The van der Waals surface area contributed by atoms with E-state index in [9.17, 15) is 0 Å². The van der Waals surface area contributed by atoms with Crippen LogP contribution in [0.25, 0.3) is 0 Å². The molecule has 1 aromatic heterocycles. The minimum atomic E-state index is -0.184. The molecule has 1 heterocycles. The molecule has 8 N–H and O–H groups in total. The van der Waals surface area contributed by atoms with Gasteiger partial charge in [-0.25, -0.2) is 17.1 Å². The molecule has 153 valence electrons. The predicted octanol–water partition coefficient (Wildman–Crippen LogP) is 1.92. The van der Waals surface area contributed by atoms with Crippen LogP contribution in [-0.2, 0) is 10.2 Å². The largest absolute Gasteiger partial charge is 0.554 e. The van der Waals surface area contributed by atoms with E-state index in [2.05, 4.69) is 22.4 Å². The summed E-state index contributed by atoms with van der Waals surface area (Å²) in [6.07, 6.45) is 9.50. The van der Waals surface area contributed by atoms with Gasteiger partial charge in [0.25, 0.3) is 0 Å². The summed E-state index contributed by atoms with van der Waals surface area (Å²) in [5.74, 6) is 1.26. The maximum Gasteiger partial charge on any atom is 0.165 e. The van der Waals surface area contributed by atoms with Gasteiger partial charge in [0.05, 0.1) is 0 Å². The monoisotopic (exact) mass is 517 g/mol. The molecular weight excluding hydrogens is 487 g/mol. The van der Waals surface area contributed by atoms with Crippen LogP contribution in [0.3, 0.4) is 0 Å². The number of rotatable bonds is 9. The van der Waals surface area contributed by atoms with Gasteiger partial charge in [-0.3, -0.25) is 0 Å². The molecule has 0 atom stereocenters. The number of hydrogen-bond donors (Lipinski definition) is 5. The van der Waals surface area contributed by atoms with Gasteiger partial charge in [0, 0.05) is 77.3 Å². The summed E-state index contributed by atoms with van der Waals surface area (Å²) in [4.78, 5) is 8.91. The molecule has 1 fully saturated rings. The molecule has 1 aliphatic rings. The average molecular weight is 517 g/mol. The predicted molar refractivity (Wildman–Crippen MR) is 110 cm³/mol. The Morgan fingerprint density at radius 1 is 1.39 bits per heavy atom. The second kappa shape index (κ2) is 12.5. The van der Waals surface area contributed by atoms with Gasteiger partial charge in [-0.15, -0.1) is 0 Å². The van der Waals surface area contributed by atoms with Crippen molar-refractivity contribution in [1.29, 1.82) is 5.41 Å². The zero-order valence-electron chi connectivity index (χ0n) is 16.2. The van der Waals surface area contributed by atoms with Crippen molar-refractivity contribution < 1.29 is 45.1 Å². The van der Waals surface area contributed by atoms with Crippen LogP contribution in [0.2, 0.25) is 0 Å². The molecule has 0 amide bonds. The number of nitrogens with one attached hydrogen (secondary N) is 2. The third-order valence-electron chi connectivity index (χ3n) is 5.01. The summed E-state index contributed by atoms with van der Waals surface area (Å²) in [5, 5.41) is 11.2. The van der Waals surface area contributed by atoms with Crippen molar-refractivity contribution in [1.82, 2.24) is 4.98 Å². The Morgan fingerprint density at radius 3 is 2.68 bits per heavy atom. The Kier molecular flexibility index (Phi) is 11.1. The molecule has 0 spiro atoms. The number of aliphatic imine (C=N–C) groups is 1. The topological polar surface area (TPSA) is 148 Å². The van der Waals surface area contributed by atoms with E-state index in [1.54, 1.807) is 0 Å². The second-order valence-electron chi connectivity index (χ2n) is 6.71. The van der Waals surface area contributed by atoms with Crippen LogP contribution in [-0.4, -0.2) is 36.7 Å². The first-order valence-corrected chi connectivity index (χ1v) is 9.19. The summed E-state index contributed by atoms with van der Waals surface area (Å²) < 4.78 is 4.86. The molecule has 1 radical (unpaired) electrons. The van der Waals surface area contributed by atoms with Crippen molar-refractivity contribution in [3.05, 3.63) is 36.6 Å². The van der Waals surface area contributed by atoms with E-state index in [-0.39, 0.29) is 51.6 Å². The van der Waals surface area contributed by atoms with Crippen molar-refractivity contribution in [2.45, 2.75) is 37.5 Å². The summed E-state index contributed by atoms with van der Waals surface area (Å²) in [6, 6.07) is 1.98. The van der Waals surface area contributed by atoms with Gasteiger partial charge in [0.1, 0.15) is 11.7 Å². The standard InChI is InChI=1S/C19H30N7O.Pm/c1-27-10-9-24-17-11-15(19(13-22)6-3-2-4-7-19)14(12-21)18(26-17)25-16(23)5-8-20;/h5,8,11-12,21H,1-4,6-7,9-10,13,20,22H2,(H3,23,24,25,26);/q-1;/b8-5-,21-12?;. The fourth-order valence-electron chi connectivity index (χ4n) is 3.62.